The molecule has 0 radical (unpaired) electrons. The number of halogens is 1. The molecule has 0 spiro atoms. The molecule has 104 valence electrons. The molecular formula is C13H18IN3O2. The molecule has 1 aromatic heterocycles. The molecule has 3 rings (SSSR count). The van der Waals surface area contributed by atoms with Crippen LogP contribution in [0.1, 0.15) is 44.6 Å². The first kappa shape index (κ1) is 13.3. The molecule has 1 aliphatic carbocycles. The van der Waals surface area contributed by atoms with Crippen molar-refractivity contribution in [2.45, 2.75) is 44.4 Å². The lowest BCUT2D eigenvalue weighted by Crippen LogP contribution is -2.61. The summed E-state index contributed by atoms with van der Waals surface area (Å²) in [6, 6.07) is 0. The van der Waals surface area contributed by atoms with Gasteiger partial charge in [0.2, 0.25) is 0 Å². The summed E-state index contributed by atoms with van der Waals surface area (Å²) in [5.41, 5.74) is 7.15. The summed E-state index contributed by atoms with van der Waals surface area (Å²) in [6.45, 7) is 7.35. The molecule has 5 nitrogen and oxygen atoms in total. The molecule has 6 N–H and O–H groups in total. The van der Waals surface area contributed by atoms with Crippen LogP contribution in [0.2, 0.25) is 0 Å². The summed E-state index contributed by atoms with van der Waals surface area (Å²) in [5.74, 6) is 0.292. The van der Waals surface area contributed by atoms with Crippen LogP contribution in [0.15, 0.2) is 5.76 Å². The van der Waals surface area contributed by atoms with E-state index in [1.165, 1.54) is 0 Å². The lowest BCUT2D eigenvalue weighted by molar-refractivity contribution is -0.0548. The van der Waals surface area contributed by atoms with E-state index in [1.54, 1.807) is 6.92 Å². The van der Waals surface area contributed by atoms with E-state index in [1.807, 2.05) is 20.8 Å². The fourth-order valence-electron chi connectivity index (χ4n) is 2.88. The Kier molecular flexibility index (Phi) is 2.30. The van der Waals surface area contributed by atoms with E-state index in [9.17, 15) is 10.2 Å². The second kappa shape index (κ2) is 3.29. The van der Waals surface area contributed by atoms with Crippen LogP contribution in [0.4, 0.5) is 5.69 Å². The van der Waals surface area contributed by atoms with E-state index < -0.39 is 16.7 Å². The summed E-state index contributed by atoms with van der Waals surface area (Å²) in [7, 11) is 0. The molecule has 0 fully saturated rings. The number of aliphatic hydroxyl groups excluding tert-OH is 1. The van der Waals surface area contributed by atoms with Crippen molar-refractivity contribution in [2.24, 2.45) is 5.73 Å². The van der Waals surface area contributed by atoms with Crippen molar-refractivity contribution in [2.75, 3.05) is 5.32 Å². The van der Waals surface area contributed by atoms with Crippen LogP contribution in [-0.2, 0) is 11.1 Å². The second-order valence-corrected chi connectivity index (χ2v) is 7.39. The Labute approximate surface area is 125 Å². The molecule has 1 aliphatic heterocycles. The van der Waals surface area contributed by atoms with Crippen LogP contribution < -0.4 is 11.1 Å². The van der Waals surface area contributed by atoms with Gasteiger partial charge in [-0.3, -0.25) is 0 Å². The fraction of sp³-hybridized carbons (Fsp3) is 0.538. The van der Waals surface area contributed by atoms with Crippen molar-refractivity contribution in [3.05, 3.63) is 22.7 Å². The van der Waals surface area contributed by atoms with Gasteiger partial charge in [-0.05, 0) is 50.3 Å². The van der Waals surface area contributed by atoms with Gasteiger partial charge in [0.25, 0.3) is 0 Å². The monoisotopic (exact) mass is 375 g/mol. The van der Waals surface area contributed by atoms with E-state index in [0.29, 0.717) is 5.76 Å². The number of nitrogens with one attached hydrogen (secondary N) is 2. The molecule has 2 aliphatic rings. The van der Waals surface area contributed by atoms with E-state index in [4.69, 9.17) is 5.73 Å². The minimum atomic E-state index is -1.09. The van der Waals surface area contributed by atoms with Gasteiger partial charge in [-0.15, -0.1) is 0 Å². The Hall–Kier alpha value is -0.730. The summed E-state index contributed by atoms with van der Waals surface area (Å²) in [5, 5.41) is 24.0. The van der Waals surface area contributed by atoms with Gasteiger partial charge in [0.1, 0.15) is 11.4 Å². The quantitative estimate of drug-likeness (QED) is 0.450. The summed E-state index contributed by atoms with van der Waals surface area (Å²) < 4.78 is 0.761. The van der Waals surface area contributed by atoms with Gasteiger partial charge >= 0.3 is 0 Å². The zero-order chi connectivity index (χ0) is 14.4. The third-order valence-electron chi connectivity index (χ3n) is 4.47. The molecule has 2 heterocycles. The zero-order valence-electron chi connectivity index (χ0n) is 11.3. The Morgan fingerprint density at radius 3 is 2.37 bits per heavy atom. The number of rotatable bonds is 0. The number of H-pyrrole nitrogens is 1. The lowest BCUT2D eigenvalue weighted by Gasteiger charge is -2.50. The van der Waals surface area contributed by atoms with Crippen LogP contribution >= 0.6 is 22.6 Å². The first-order valence-corrected chi connectivity index (χ1v) is 7.25. The molecular weight excluding hydrogens is 357 g/mol. The number of fused-ring (bicyclic) bond motifs is 3. The number of hydrogen-bond donors (Lipinski definition) is 5. The highest BCUT2D eigenvalue weighted by molar-refractivity contribution is 14.1. The first-order chi connectivity index (χ1) is 8.52. The maximum Gasteiger partial charge on any atom is 0.132 e. The zero-order valence-corrected chi connectivity index (χ0v) is 13.5. The highest BCUT2D eigenvalue weighted by Gasteiger charge is 2.59. The number of aliphatic hydroxyl groups is 2. The Morgan fingerprint density at radius 1 is 1.21 bits per heavy atom. The van der Waals surface area contributed by atoms with E-state index >= 15 is 0 Å². The maximum absolute atomic E-state index is 10.5. The number of anilines is 1. The Morgan fingerprint density at radius 2 is 1.79 bits per heavy atom. The van der Waals surface area contributed by atoms with Crippen LogP contribution in [-0.4, -0.2) is 20.7 Å². The van der Waals surface area contributed by atoms with Crippen molar-refractivity contribution in [3.63, 3.8) is 0 Å². The van der Waals surface area contributed by atoms with Gasteiger partial charge in [0, 0.05) is 5.56 Å². The minimum Gasteiger partial charge on any atom is -0.509 e. The first-order valence-electron chi connectivity index (χ1n) is 6.17. The Balaban J connectivity index is 2.29. The molecule has 0 amide bonds. The number of nitrogens with two attached hydrogens (primary N) is 1. The van der Waals surface area contributed by atoms with Crippen molar-refractivity contribution < 1.29 is 10.2 Å². The van der Waals surface area contributed by atoms with Crippen molar-refractivity contribution >= 4 is 31.9 Å². The largest absolute Gasteiger partial charge is 0.509 e. The van der Waals surface area contributed by atoms with Gasteiger partial charge in [-0.25, -0.2) is 0 Å². The maximum atomic E-state index is 10.5. The molecule has 6 heteroatoms. The lowest BCUT2D eigenvalue weighted by atomic mass is 9.63. The average Bonchev–Trinajstić information content (AvgIpc) is 2.64. The van der Waals surface area contributed by atoms with Crippen molar-refractivity contribution in [1.82, 2.24) is 4.98 Å². The van der Waals surface area contributed by atoms with Gasteiger partial charge in [-0.2, -0.15) is 0 Å². The number of aromatic nitrogens is 1. The van der Waals surface area contributed by atoms with Gasteiger partial charge < -0.3 is 26.2 Å². The fourth-order valence-corrected chi connectivity index (χ4v) is 3.96. The highest BCUT2D eigenvalue weighted by atomic mass is 127. The SMILES string of the molecule is CC1(C)Nc2c([nH]c3c2C(C)(N)C3(C)O)C(I)=C1O. The van der Waals surface area contributed by atoms with E-state index in [-0.39, 0.29) is 0 Å². The molecule has 19 heavy (non-hydrogen) atoms. The standard InChI is InChI=1S/C13H18IN3O2/c1-11(2)10(18)6(14)8-7(17-11)5-9(16-8)13(4,19)12(5,3)15/h16-19H,15H2,1-4H3. The number of hydrogen-bond acceptors (Lipinski definition) is 4. The third kappa shape index (κ3) is 1.32. The third-order valence-corrected chi connectivity index (χ3v) is 5.52. The van der Waals surface area contributed by atoms with Gasteiger partial charge in [0.05, 0.1) is 31.7 Å². The number of aromatic amines is 1. The van der Waals surface area contributed by atoms with Gasteiger partial charge in [-0.1, -0.05) is 0 Å². The summed E-state index contributed by atoms with van der Waals surface area (Å²) >= 11 is 2.12. The predicted molar refractivity (Wildman–Crippen MR) is 83.2 cm³/mol. The van der Waals surface area contributed by atoms with Crippen molar-refractivity contribution in [1.29, 1.82) is 0 Å². The second-order valence-electron chi connectivity index (χ2n) is 6.31. The van der Waals surface area contributed by atoms with Crippen molar-refractivity contribution in [3.8, 4) is 0 Å². The van der Waals surface area contributed by atoms with E-state index in [0.717, 1.165) is 26.2 Å². The smallest absolute Gasteiger partial charge is 0.132 e. The molecule has 0 aromatic carbocycles. The molecule has 0 saturated heterocycles. The molecule has 2 unspecified atom stereocenters. The van der Waals surface area contributed by atoms with Crippen LogP contribution in [0, 0.1) is 0 Å². The van der Waals surface area contributed by atoms with Crippen LogP contribution in [0.5, 0.6) is 0 Å². The Bertz CT molecular complexity index is 626. The average molecular weight is 375 g/mol. The highest BCUT2D eigenvalue weighted by Crippen LogP contribution is 2.58. The molecule has 2 atom stereocenters. The molecule has 0 saturated carbocycles. The van der Waals surface area contributed by atoms with Crippen LogP contribution in [0.25, 0.3) is 3.58 Å². The molecule has 1 aromatic rings. The van der Waals surface area contributed by atoms with Crippen LogP contribution in [0.3, 0.4) is 0 Å². The topological polar surface area (TPSA) is 94.3 Å². The summed E-state index contributed by atoms with van der Waals surface area (Å²) in [4.78, 5) is 3.20. The summed E-state index contributed by atoms with van der Waals surface area (Å²) in [6.07, 6.45) is 0. The molecule has 0 bridgehead atoms. The minimum absolute atomic E-state index is 0.292. The van der Waals surface area contributed by atoms with Gasteiger partial charge in [0.15, 0.2) is 0 Å². The normalized spacial score (nSPS) is 35.3. The van der Waals surface area contributed by atoms with E-state index in [2.05, 4.69) is 32.9 Å². The predicted octanol–water partition coefficient (Wildman–Crippen LogP) is 2.28.